The van der Waals surface area contributed by atoms with E-state index in [1.54, 1.807) is 54.7 Å². The summed E-state index contributed by atoms with van der Waals surface area (Å²) in [4.78, 5) is 43.8. The van der Waals surface area contributed by atoms with E-state index in [1.807, 2.05) is 24.3 Å². The number of nitrogens with zero attached hydrogens (tertiary/aromatic N) is 7. The molecule has 3 aliphatic rings. The van der Waals surface area contributed by atoms with Crippen molar-refractivity contribution in [2.45, 2.75) is 32.2 Å². The monoisotopic (exact) mass is 933 g/mol. The number of rotatable bonds is 12. The van der Waals surface area contributed by atoms with E-state index in [9.17, 15) is 29.8 Å². The lowest BCUT2D eigenvalue weighted by molar-refractivity contribution is -0.145. The first-order valence-electron chi connectivity index (χ1n) is 21.3. The Morgan fingerprint density at radius 3 is 2.41 bits per heavy atom. The summed E-state index contributed by atoms with van der Waals surface area (Å²) >= 11 is 8.39. The smallest absolute Gasteiger partial charge is 0.345 e. The molecule has 1 fully saturated rings. The minimum Gasteiger partial charge on any atom is -0.506 e. The lowest BCUT2D eigenvalue weighted by Crippen LogP contribution is -2.48. The van der Waals surface area contributed by atoms with Crippen LogP contribution in [0.15, 0.2) is 97.5 Å². The number of halogens is 2. The topological polar surface area (TPSA) is 187 Å². The summed E-state index contributed by atoms with van der Waals surface area (Å²) < 4.78 is 27.1. The number of carboxylic acids is 1. The van der Waals surface area contributed by atoms with Crippen molar-refractivity contribution in [2.75, 3.05) is 52.4 Å². The van der Waals surface area contributed by atoms with E-state index in [1.165, 1.54) is 29.8 Å². The fraction of sp³-hybridized carbons (Fsp3) is 0.271. The fourth-order valence-electron chi connectivity index (χ4n) is 8.40. The van der Waals surface area contributed by atoms with Crippen LogP contribution in [0.2, 0.25) is 5.02 Å². The Labute approximate surface area is 387 Å². The minimum absolute atomic E-state index is 0.00510. The molecule has 0 spiro atoms. The average molecular weight is 934 g/mol. The molecule has 3 aromatic heterocycles. The van der Waals surface area contributed by atoms with Crippen molar-refractivity contribution in [1.29, 1.82) is 0 Å². The Balaban J connectivity index is 1.12. The molecule has 0 unspecified atom stereocenters. The van der Waals surface area contributed by atoms with E-state index >= 15 is 0 Å². The van der Waals surface area contributed by atoms with Crippen molar-refractivity contribution in [2.24, 2.45) is 0 Å². The van der Waals surface area contributed by atoms with Gasteiger partial charge < -0.3 is 29.7 Å². The van der Waals surface area contributed by atoms with Gasteiger partial charge in [0.1, 0.15) is 35.1 Å². The predicted molar refractivity (Wildman–Crippen MR) is 246 cm³/mol. The Morgan fingerprint density at radius 1 is 0.864 bits per heavy atom. The van der Waals surface area contributed by atoms with Crippen LogP contribution in [0.4, 0.5) is 4.39 Å². The number of β-amino-alcohol motifs (C(OH)–C–C–N with tert-alkyl or cyclic N) is 1. The normalized spacial score (nSPS) is 16.0. The Morgan fingerprint density at radius 2 is 1.64 bits per heavy atom. The maximum Gasteiger partial charge on any atom is 0.345 e. The van der Waals surface area contributed by atoms with Gasteiger partial charge in [0.25, 0.3) is 0 Å². The van der Waals surface area contributed by atoms with E-state index in [4.69, 9.17) is 21.1 Å². The minimum atomic E-state index is -1.48. The first-order chi connectivity index (χ1) is 32.1. The molecule has 4 aromatic carbocycles. The molecule has 1 saturated heterocycles. The van der Waals surface area contributed by atoms with Crippen molar-refractivity contribution in [1.82, 2.24) is 34.6 Å². The SMILES string of the molecule is O=C(O)[C@H]1Cc2cc(ccc2OCc2ccnc(-c3ccccc3OO)n2)CN(CCN2CCN(CCO)CC2)Cc2ccc(c(O)c2Cl)-c2c(-c3ccc(F)cc3)sc3ncnc(c23)O1. The number of benzene rings is 4. The number of carboxylic acid groups (broad SMARTS) is 1. The molecule has 10 rings (SSSR count). The van der Waals surface area contributed by atoms with E-state index in [0.717, 1.165) is 38.3 Å². The number of piperazine rings is 1. The molecule has 7 aromatic rings. The molecule has 15 nitrogen and oxygen atoms in total. The lowest BCUT2D eigenvalue weighted by atomic mass is 9.97. The highest BCUT2D eigenvalue weighted by atomic mass is 35.5. The van der Waals surface area contributed by atoms with Crippen LogP contribution in [0.5, 0.6) is 23.1 Å². The Hall–Kier alpha value is -6.31. The van der Waals surface area contributed by atoms with Gasteiger partial charge in [0.05, 0.1) is 28.3 Å². The van der Waals surface area contributed by atoms with Crippen LogP contribution in [0.1, 0.15) is 22.4 Å². The van der Waals surface area contributed by atoms with Crippen LogP contribution in [-0.4, -0.2) is 120 Å². The average Bonchev–Trinajstić information content (AvgIpc) is 3.72. The quantitative estimate of drug-likeness (QED) is 0.0700. The van der Waals surface area contributed by atoms with Crippen LogP contribution in [-0.2, 0) is 30.9 Å². The van der Waals surface area contributed by atoms with Gasteiger partial charge in [0, 0.05) is 87.5 Å². The number of para-hydroxylation sites is 1. The fourth-order valence-corrected chi connectivity index (χ4v) is 9.77. The molecule has 4 N–H and O–H groups in total. The van der Waals surface area contributed by atoms with E-state index in [0.29, 0.717) is 91.9 Å². The zero-order valence-corrected chi connectivity index (χ0v) is 37.1. The van der Waals surface area contributed by atoms with Crippen molar-refractivity contribution in [3.05, 3.63) is 131 Å². The first kappa shape index (κ1) is 44.9. The number of aliphatic hydroxyl groups is 1. The number of aromatic hydroxyl groups is 1. The largest absolute Gasteiger partial charge is 0.506 e. The van der Waals surface area contributed by atoms with Gasteiger partial charge in [0.2, 0.25) is 12.0 Å². The van der Waals surface area contributed by atoms with Gasteiger partial charge in [-0.1, -0.05) is 60.1 Å². The van der Waals surface area contributed by atoms with Crippen molar-refractivity contribution >= 4 is 39.1 Å². The van der Waals surface area contributed by atoms with E-state index in [-0.39, 0.29) is 42.0 Å². The second kappa shape index (κ2) is 20.1. The van der Waals surface area contributed by atoms with Crippen molar-refractivity contribution < 1.29 is 44.1 Å². The molecule has 3 aliphatic heterocycles. The maximum absolute atomic E-state index is 14.2. The van der Waals surface area contributed by atoms with Crippen LogP contribution in [0, 0.1) is 5.82 Å². The summed E-state index contributed by atoms with van der Waals surface area (Å²) in [5, 5.41) is 42.3. The number of hydrogen-bond donors (Lipinski definition) is 4. The third-order valence-corrected chi connectivity index (χ3v) is 13.4. The second-order valence-corrected chi connectivity index (χ2v) is 17.4. The van der Waals surface area contributed by atoms with Crippen LogP contribution < -0.4 is 14.4 Å². The summed E-state index contributed by atoms with van der Waals surface area (Å²) in [6, 6.07) is 23.8. The number of fused-ring (bicyclic) bond motifs is 6. The molecule has 0 saturated carbocycles. The van der Waals surface area contributed by atoms with Crippen LogP contribution >= 0.6 is 22.9 Å². The van der Waals surface area contributed by atoms with Gasteiger partial charge in [-0.15, -0.1) is 11.3 Å². The van der Waals surface area contributed by atoms with Gasteiger partial charge >= 0.3 is 5.97 Å². The summed E-state index contributed by atoms with van der Waals surface area (Å²) in [6.07, 6.45) is 1.26. The molecule has 4 bridgehead atoms. The third-order valence-electron chi connectivity index (χ3n) is 11.8. The van der Waals surface area contributed by atoms with E-state index in [2.05, 4.69) is 39.5 Å². The van der Waals surface area contributed by atoms with E-state index < -0.39 is 17.9 Å². The van der Waals surface area contributed by atoms with Gasteiger partial charge in [0.15, 0.2) is 11.6 Å². The molecule has 6 heterocycles. The molecule has 1 atom stereocenters. The van der Waals surface area contributed by atoms with Crippen LogP contribution in [0.3, 0.4) is 0 Å². The molecule has 340 valence electrons. The molecule has 18 heteroatoms. The number of phenols is 1. The first-order valence-corrected chi connectivity index (χ1v) is 22.5. The number of phenolic OH excluding ortho intramolecular Hbond substituents is 1. The van der Waals surface area contributed by atoms with Crippen molar-refractivity contribution in [3.63, 3.8) is 0 Å². The lowest BCUT2D eigenvalue weighted by Gasteiger charge is -2.35. The highest BCUT2D eigenvalue weighted by Crippen LogP contribution is 2.51. The standard InChI is InChI=1S/C48H45ClFN7O8S/c49-42-31-8-11-36(43(42)59)40-41-46(52-28-53-47(41)66-44(40)30-6-9-33(50)10-7-30)64-39(48(60)61)24-32-23-29(25-57(26-31)20-19-55-15-17-56(18-16-55)21-22-58)5-12-37(32)63-27-34-13-14-51-45(54-34)35-3-1-2-4-38(35)65-62/h1-14,23,28,39,58-59,62H,15-22,24-27H2,(H,60,61)/t39-/m1/s1. The number of ether oxygens (including phenoxy) is 2. The number of hydrogen-bond acceptors (Lipinski definition) is 15. The highest BCUT2D eigenvalue weighted by molar-refractivity contribution is 7.22. The second-order valence-electron chi connectivity index (χ2n) is 16.1. The van der Waals surface area contributed by atoms with Gasteiger partial charge in [-0.25, -0.2) is 34.4 Å². The van der Waals surface area contributed by atoms with Crippen molar-refractivity contribution in [3.8, 4) is 56.1 Å². The van der Waals surface area contributed by atoms with Gasteiger partial charge in [-0.3, -0.25) is 14.7 Å². The zero-order valence-electron chi connectivity index (χ0n) is 35.5. The number of thiophene rings is 1. The summed E-state index contributed by atoms with van der Waals surface area (Å²) in [7, 11) is 0. The summed E-state index contributed by atoms with van der Waals surface area (Å²) in [6.45, 7) is 6.35. The molecule has 66 heavy (non-hydrogen) atoms. The van der Waals surface area contributed by atoms with Crippen LogP contribution in [0.25, 0.3) is 43.2 Å². The summed E-state index contributed by atoms with van der Waals surface area (Å²) in [5.74, 6) is -0.978. The van der Waals surface area contributed by atoms with Gasteiger partial charge in [-0.2, -0.15) is 0 Å². The number of carbonyl (C=O) groups is 1. The number of aliphatic carboxylic acids is 1. The number of aromatic nitrogens is 4. The molecular weight excluding hydrogens is 889 g/mol. The third kappa shape index (κ3) is 9.78. The Bertz CT molecular complexity index is 2860. The predicted octanol–water partition coefficient (Wildman–Crippen LogP) is 7.41. The molecule has 0 aliphatic carbocycles. The summed E-state index contributed by atoms with van der Waals surface area (Å²) in [5.41, 5.74) is 4.55. The maximum atomic E-state index is 14.2. The molecule has 0 radical (unpaired) electrons. The molecule has 0 amide bonds. The molecular formula is C48H45ClFN7O8S. The van der Waals surface area contributed by atoms with Gasteiger partial charge in [-0.05, 0) is 58.7 Å². The highest BCUT2D eigenvalue weighted by Gasteiger charge is 2.30. The number of aliphatic hydroxyl groups excluding tert-OH is 1. The Kier molecular flexibility index (Phi) is 13.6. The zero-order chi connectivity index (χ0) is 45.7.